The van der Waals surface area contributed by atoms with Crippen LogP contribution < -0.4 is 9.80 Å². The van der Waals surface area contributed by atoms with Gasteiger partial charge in [-0.05, 0) is 132 Å². The number of fused-ring (bicyclic) bond motifs is 6. The molecule has 0 unspecified atom stereocenters. The van der Waals surface area contributed by atoms with Crippen LogP contribution >= 0.6 is 0 Å². The molecule has 2 aromatic heterocycles. The summed E-state index contributed by atoms with van der Waals surface area (Å²) in [4.78, 5) is 5.46. The Morgan fingerprint density at radius 1 is 0.304 bits per heavy atom. The summed E-state index contributed by atoms with van der Waals surface area (Å²) in [5.74, 6) is -0.677. The standard InChI is InChI=1S/C48H30F4N4/c49-33-13-21-37(22-14-33)53(39-25-27-47-43(29-39)41-5-1-3-7-45(41)55(47)51)35-17-9-31(10-18-35)32-11-19-36(20-12-32)54(38-23-15-34(50)16-24-38)40-26-28-48-44(30-40)42-6-2-4-8-46(42)56(48)52/h1-30H. The van der Waals surface area contributed by atoms with Crippen LogP contribution in [0.3, 0.4) is 0 Å². The van der Waals surface area contributed by atoms with Gasteiger partial charge in [-0.2, -0.15) is 9.58 Å². The maximum Gasteiger partial charge on any atom is 0.123 e. The lowest BCUT2D eigenvalue weighted by Gasteiger charge is -2.26. The highest BCUT2D eigenvalue weighted by Crippen LogP contribution is 2.42. The number of nitrogens with zero attached hydrogens (tertiary/aromatic N) is 4. The Kier molecular flexibility index (Phi) is 7.85. The second-order valence-corrected chi connectivity index (χ2v) is 13.7. The summed E-state index contributed by atoms with van der Waals surface area (Å²) >= 11 is 0. The van der Waals surface area contributed by atoms with Crippen molar-refractivity contribution in [3.8, 4) is 11.1 Å². The molecule has 0 aliphatic heterocycles. The van der Waals surface area contributed by atoms with E-state index >= 15 is 8.96 Å². The van der Waals surface area contributed by atoms with Gasteiger partial charge < -0.3 is 9.80 Å². The van der Waals surface area contributed by atoms with E-state index in [0.29, 0.717) is 31.6 Å². The average molecular weight is 739 g/mol. The number of benzene rings is 8. The van der Waals surface area contributed by atoms with E-state index in [4.69, 9.17) is 0 Å². The molecule has 0 radical (unpaired) electrons. The Hall–Kier alpha value is -7.32. The second-order valence-electron chi connectivity index (χ2n) is 13.7. The molecule has 0 spiro atoms. The summed E-state index contributed by atoms with van der Waals surface area (Å²) in [6.07, 6.45) is 0. The van der Waals surface area contributed by atoms with E-state index in [1.807, 2.05) is 119 Å². The zero-order valence-electron chi connectivity index (χ0n) is 29.6. The number of rotatable bonds is 7. The zero-order chi connectivity index (χ0) is 37.9. The van der Waals surface area contributed by atoms with Gasteiger partial charge in [-0.1, -0.05) is 69.6 Å². The van der Waals surface area contributed by atoms with Crippen molar-refractivity contribution in [2.75, 3.05) is 9.80 Å². The molecule has 0 aliphatic rings. The minimum atomic E-state index is -0.339. The molecule has 0 atom stereocenters. The van der Waals surface area contributed by atoms with Crippen molar-refractivity contribution >= 4 is 77.7 Å². The Bertz CT molecular complexity index is 2850. The monoisotopic (exact) mass is 738 g/mol. The first-order valence-corrected chi connectivity index (χ1v) is 18.1. The summed E-state index contributed by atoms with van der Waals surface area (Å²) in [6, 6.07) is 54.7. The molecule has 0 fully saturated rings. The normalized spacial score (nSPS) is 11.6. The van der Waals surface area contributed by atoms with Gasteiger partial charge in [-0.3, -0.25) is 0 Å². The molecule has 270 valence electrons. The number of para-hydroxylation sites is 2. The third-order valence-electron chi connectivity index (χ3n) is 10.5. The molecule has 4 nitrogen and oxygen atoms in total. The van der Waals surface area contributed by atoms with Crippen molar-refractivity contribution in [2.24, 2.45) is 0 Å². The largest absolute Gasteiger partial charge is 0.310 e. The summed E-state index contributed by atoms with van der Waals surface area (Å²) in [5, 5.41) is 3.15. The smallest absolute Gasteiger partial charge is 0.123 e. The fourth-order valence-electron chi connectivity index (χ4n) is 7.79. The molecule has 0 amide bonds. The van der Waals surface area contributed by atoms with Crippen LogP contribution in [0.1, 0.15) is 0 Å². The van der Waals surface area contributed by atoms with E-state index in [0.717, 1.165) is 66.8 Å². The van der Waals surface area contributed by atoms with Crippen LogP contribution in [-0.4, -0.2) is 9.58 Å². The van der Waals surface area contributed by atoms with E-state index in [9.17, 15) is 8.78 Å². The first-order chi connectivity index (χ1) is 27.4. The number of aromatic nitrogens is 2. The number of hydrogen-bond donors (Lipinski definition) is 0. The van der Waals surface area contributed by atoms with Crippen LogP contribution in [0.25, 0.3) is 54.7 Å². The van der Waals surface area contributed by atoms with Gasteiger partial charge in [-0.25, -0.2) is 8.78 Å². The molecular formula is C48H30F4N4. The SMILES string of the molecule is Fc1ccc(N(c2ccc(-c3ccc(N(c4ccc(F)cc4)c4ccc5c(c4)c4ccccc4n5F)cc3)cc2)c2ccc3c(c2)c2ccccc2n3F)cc1. The van der Waals surface area contributed by atoms with Gasteiger partial charge >= 0.3 is 0 Å². The van der Waals surface area contributed by atoms with Gasteiger partial charge in [0.05, 0.1) is 22.1 Å². The molecule has 0 N–H and O–H groups in total. The third kappa shape index (κ3) is 5.53. The maximum atomic E-state index is 15.3. The summed E-state index contributed by atoms with van der Waals surface area (Å²) < 4.78 is 58.7. The van der Waals surface area contributed by atoms with E-state index in [1.54, 1.807) is 48.5 Å². The lowest BCUT2D eigenvalue weighted by Crippen LogP contribution is -2.10. The lowest BCUT2D eigenvalue weighted by atomic mass is 10.0. The van der Waals surface area contributed by atoms with Crippen molar-refractivity contribution < 1.29 is 17.7 Å². The molecule has 10 rings (SSSR count). The molecular weight excluding hydrogens is 709 g/mol. The van der Waals surface area contributed by atoms with Crippen molar-refractivity contribution in [1.29, 1.82) is 0 Å². The molecule has 0 saturated carbocycles. The van der Waals surface area contributed by atoms with Gasteiger partial charge in [-0.15, -0.1) is 0 Å². The van der Waals surface area contributed by atoms with Crippen molar-refractivity contribution in [1.82, 2.24) is 9.58 Å². The third-order valence-corrected chi connectivity index (χ3v) is 10.5. The maximum absolute atomic E-state index is 15.3. The lowest BCUT2D eigenvalue weighted by molar-refractivity contribution is 0.405. The molecule has 0 saturated heterocycles. The second kappa shape index (κ2) is 13.2. The summed E-state index contributed by atoms with van der Waals surface area (Å²) in [7, 11) is 0. The molecule has 8 heteroatoms. The Labute approximate surface area is 318 Å². The fourth-order valence-corrected chi connectivity index (χ4v) is 7.79. The van der Waals surface area contributed by atoms with Crippen LogP contribution in [0, 0.1) is 11.6 Å². The number of hydrogen-bond acceptors (Lipinski definition) is 2. The van der Waals surface area contributed by atoms with Crippen LogP contribution in [-0.2, 0) is 0 Å². The highest BCUT2D eigenvalue weighted by molar-refractivity contribution is 6.10. The van der Waals surface area contributed by atoms with E-state index in [1.165, 1.54) is 24.3 Å². The molecule has 8 aromatic carbocycles. The van der Waals surface area contributed by atoms with Crippen LogP contribution in [0.2, 0.25) is 0 Å². The van der Waals surface area contributed by atoms with Gasteiger partial charge in [0, 0.05) is 55.7 Å². The Balaban J connectivity index is 1.01. The van der Waals surface area contributed by atoms with E-state index in [2.05, 4.69) is 0 Å². The van der Waals surface area contributed by atoms with E-state index < -0.39 is 0 Å². The Morgan fingerprint density at radius 3 is 0.982 bits per heavy atom. The fraction of sp³-hybridized carbons (Fsp3) is 0. The number of halogens is 4. The average Bonchev–Trinajstić information content (AvgIpc) is 3.69. The van der Waals surface area contributed by atoms with Gasteiger partial charge in [0.15, 0.2) is 0 Å². The van der Waals surface area contributed by atoms with Crippen LogP contribution in [0.15, 0.2) is 182 Å². The van der Waals surface area contributed by atoms with E-state index in [-0.39, 0.29) is 11.6 Å². The molecule has 0 bridgehead atoms. The van der Waals surface area contributed by atoms with Crippen molar-refractivity contribution in [3.05, 3.63) is 194 Å². The van der Waals surface area contributed by atoms with Crippen molar-refractivity contribution in [3.63, 3.8) is 0 Å². The molecule has 0 aliphatic carbocycles. The summed E-state index contributed by atoms with van der Waals surface area (Å²) in [6.45, 7) is 0. The highest BCUT2D eigenvalue weighted by Gasteiger charge is 2.19. The first kappa shape index (κ1) is 33.3. The predicted molar refractivity (Wildman–Crippen MR) is 220 cm³/mol. The van der Waals surface area contributed by atoms with Gasteiger partial charge in [0.1, 0.15) is 11.6 Å². The van der Waals surface area contributed by atoms with Gasteiger partial charge in [0.2, 0.25) is 0 Å². The zero-order valence-corrected chi connectivity index (χ0v) is 29.6. The quantitative estimate of drug-likeness (QED) is 0.151. The Morgan fingerprint density at radius 2 is 0.607 bits per heavy atom. The predicted octanol–water partition coefficient (Wildman–Crippen LogP) is 14.3. The number of anilines is 6. The minimum Gasteiger partial charge on any atom is -0.310 e. The van der Waals surface area contributed by atoms with Crippen LogP contribution in [0.5, 0.6) is 0 Å². The highest BCUT2D eigenvalue weighted by atomic mass is 19.2. The van der Waals surface area contributed by atoms with Gasteiger partial charge in [0.25, 0.3) is 0 Å². The molecule has 2 heterocycles. The summed E-state index contributed by atoms with van der Waals surface area (Å²) in [5.41, 5.74) is 8.66. The van der Waals surface area contributed by atoms with Crippen LogP contribution in [0.4, 0.5) is 51.9 Å². The first-order valence-electron chi connectivity index (χ1n) is 18.1. The molecule has 56 heavy (non-hydrogen) atoms. The molecule has 10 aromatic rings. The topological polar surface area (TPSA) is 16.3 Å². The minimum absolute atomic E-state index is 0.339. The van der Waals surface area contributed by atoms with Crippen molar-refractivity contribution in [2.45, 2.75) is 0 Å².